The first-order valence-corrected chi connectivity index (χ1v) is 6.43. The summed E-state index contributed by atoms with van der Waals surface area (Å²) in [5, 5.41) is 12.4. The average molecular weight is 253 g/mol. The predicted octanol–water partition coefficient (Wildman–Crippen LogP) is 2.80. The van der Waals surface area contributed by atoms with Gasteiger partial charge in [-0.05, 0) is 31.0 Å². The van der Waals surface area contributed by atoms with Crippen LogP contribution in [-0.2, 0) is 20.1 Å². The van der Waals surface area contributed by atoms with Gasteiger partial charge in [0, 0.05) is 25.8 Å². The highest BCUT2D eigenvalue weighted by molar-refractivity contribution is 5.34. The molecule has 0 unspecified atom stereocenters. The summed E-state index contributed by atoms with van der Waals surface area (Å²) in [6, 6.07) is 12.7. The molecule has 19 heavy (non-hydrogen) atoms. The quantitative estimate of drug-likeness (QED) is 0.910. The topological polar surface area (TPSA) is 40.8 Å². The first-order valence-electron chi connectivity index (χ1n) is 6.43. The standard InChI is InChI=1S/C16H19N3/c1-12-5-4-6-14(7-12)10-18-11-15-8-16(9-17)19(3)13(15)2/h4-8,18H,10-11H2,1-3H3. The Morgan fingerprint density at radius 1 is 1.21 bits per heavy atom. The first-order chi connectivity index (χ1) is 9.11. The van der Waals surface area contributed by atoms with Gasteiger partial charge >= 0.3 is 0 Å². The molecule has 2 aromatic rings. The molecule has 0 saturated heterocycles. The lowest BCUT2D eigenvalue weighted by atomic mass is 10.1. The van der Waals surface area contributed by atoms with E-state index in [1.165, 1.54) is 16.7 Å². The predicted molar refractivity (Wildman–Crippen MR) is 76.6 cm³/mol. The molecular weight excluding hydrogens is 234 g/mol. The van der Waals surface area contributed by atoms with Crippen molar-refractivity contribution >= 4 is 0 Å². The van der Waals surface area contributed by atoms with Crippen LogP contribution in [0, 0.1) is 25.2 Å². The van der Waals surface area contributed by atoms with Gasteiger partial charge in [0.1, 0.15) is 11.8 Å². The number of hydrogen-bond acceptors (Lipinski definition) is 2. The molecule has 0 bridgehead atoms. The van der Waals surface area contributed by atoms with Crippen LogP contribution in [0.2, 0.25) is 0 Å². The van der Waals surface area contributed by atoms with Crippen LogP contribution >= 0.6 is 0 Å². The van der Waals surface area contributed by atoms with Crippen molar-refractivity contribution in [3.05, 3.63) is 58.4 Å². The van der Waals surface area contributed by atoms with Crippen LogP contribution < -0.4 is 5.32 Å². The highest BCUT2D eigenvalue weighted by Crippen LogP contribution is 2.13. The van der Waals surface area contributed by atoms with Crippen molar-refractivity contribution in [1.82, 2.24) is 9.88 Å². The number of aryl methyl sites for hydroxylation is 1. The molecule has 3 heteroatoms. The van der Waals surface area contributed by atoms with Gasteiger partial charge in [0.05, 0.1) is 0 Å². The summed E-state index contributed by atoms with van der Waals surface area (Å²) >= 11 is 0. The highest BCUT2D eigenvalue weighted by Gasteiger charge is 2.07. The van der Waals surface area contributed by atoms with E-state index in [1.807, 2.05) is 24.6 Å². The Labute approximate surface area is 114 Å². The van der Waals surface area contributed by atoms with E-state index in [9.17, 15) is 0 Å². The zero-order chi connectivity index (χ0) is 13.8. The average Bonchev–Trinajstić information content (AvgIpc) is 2.67. The Morgan fingerprint density at radius 3 is 2.63 bits per heavy atom. The zero-order valence-electron chi connectivity index (χ0n) is 11.7. The third-order valence-corrected chi connectivity index (χ3v) is 3.48. The lowest BCUT2D eigenvalue weighted by Gasteiger charge is -2.06. The molecule has 0 radical (unpaired) electrons. The summed E-state index contributed by atoms with van der Waals surface area (Å²) in [6.45, 7) is 5.78. The molecule has 2 rings (SSSR count). The number of benzene rings is 1. The van der Waals surface area contributed by atoms with Crippen molar-refractivity contribution in [2.45, 2.75) is 26.9 Å². The Bertz CT molecular complexity index is 617. The first kappa shape index (κ1) is 13.4. The van der Waals surface area contributed by atoms with E-state index in [1.54, 1.807) is 0 Å². The minimum atomic E-state index is 0.713. The van der Waals surface area contributed by atoms with Crippen molar-refractivity contribution < 1.29 is 0 Å². The molecule has 0 amide bonds. The maximum Gasteiger partial charge on any atom is 0.120 e. The Balaban J connectivity index is 1.98. The van der Waals surface area contributed by atoms with Crippen LogP contribution in [0.4, 0.5) is 0 Å². The second kappa shape index (κ2) is 5.73. The SMILES string of the molecule is Cc1cccc(CNCc2cc(C#N)n(C)c2C)c1. The molecule has 1 heterocycles. The zero-order valence-corrected chi connectivity index (χ0v) is 11.7. The molecule has 0 aliphatic carbocycles. The van der Waals surface area contributed by atoms with Gasteiger partial charge in [-0.15, -0.1) is 0 Å². The van der Waals surface area contributed by atoms with Crippen molar-refractivity contribution in [3.8, 4) is 6.07 Å². The maximum absolute atomic E-state index is 9.00. The second-order valence-corrected chi connectivity index (χ2v) is 4.90. The summed E-state index contributed by atoms with van der Waals surface area (Å²) in [5.74, 6) is 0. The van der Waals surface area contributed by atoms with Crippen LogP contribution in [0.1, 0.15) is 28.1 Å². The van der Waals surface area contributed by atoms with E-state index in [0.717, 1.165) is 18.8 Å². The number of nitriles is 1. The lowest BCUT2D eigenvalue weighted by Crippen LogP contribution is -2.13. The van der Waals surface area contributed by atoms with Gasteiger partial charge in [-0.2, -0.15) is 5.26 Å². The van der Waals surface area contributed by atoms with Crippen LogP contribution in [-0.4, -0.2) is 4.57 Å². The molecule has 0 atom stereocenters. The van der Waals surface area contributed by atoms with Crippen LogP contribution in [0.5, 0.6) is 0 Å². The second-order valence-electron chi connectivity index (χ2n) is 4.90. The molecule has 0 spiro atoms. The van der Waals surface area contributed by atoms with Crippen molar-refractivity contribution in [2.24, 2.45) is 7.05 Å². The third-order valence-electron chi connectivity index (χ3n) is 3.48. The van der Waals surface area contributed by atoms with E-state index in [0.29, 0.717) is 5.69 Å². The van der Waals surface area contributed by atoms with Crippen LogP contribution in [0.25, 0.3) is 0 Å². The number of nitrogens with one attached hydrogen (secondary N) is 1. The molecule has 3 nitrogen and oxygen atoms in total. The molecule has 0 aliphatic heterocycles. The number of rotatable bonds is 4. The Kier molecular flexibility index (Phi) is 4.03. The molecule has 0 fully saturated rings. The number of aromatic nitrogens is 1. The molecule has 1 N–H and O–H groups in total. The summed E-state index contributed by atoms with van der Waals surface area (Å²) < 4.78 is 1.93. The van der Waals surface area contributed by atoms with E-state index in [2.05, 4.69) is 42.6 Å². The Morgan fingerprint density at radius 2 is 2.00 bits per heavy atom. The number of hydrogen-bond donors (Lipinski definition) is 1. The van der Waals surface area contributed by atoms with Gasteiger partial charge < -0.3 is 9.88 Å². The summed E-state index contributed by atoms with van der Waals surface area (Å²) in [4.78, 5) is 0. The van der Waals surface area contributed by atoms with Crippen molar-refractivity contribution in [3.63, 3.8) is 0 Å². The molecular formula is C16H19N3. The molecule has 1 aromatic carbocycles. The fraction of sp³-hybridized carbons (Fsp3) is 0.312. The van der Waals surface area contributed by atoms with E-state index in [4.69, 9.17) is 5.26 Å². The lowest BCUT2D eigenvalue weighted by molar-refractivity contribution is 0.687. The van der Waals surface area contributed by atoms with Gasteiger partial charge in [-0.3, -0.25) is 0 Å². The monoisotopic (exact) mass is 253 g/mol. The third kappa shape index (κ3) is 3.04. The smallest absolute Gasteiger partial charge is 0.120 e. The van der Waals surface area contributed by atoms with E-state index >= 15 is 0 Å². The molecule has 0 saturated carbocycles. The minimum Gasteiger partial charge on any atom is -0.340 e. The molecule has 1 aromatic heterocycles. The van der Waals surface area contributed by atoms with Gasteiger partial charge in [0.2, 0.25) is 0 Å². The van der Waals surface area contributed by atoms with Crippen molar-refractivity contribution in [2.75, 3.05) is 0 Å². The summed E-state index contributed by atoms with van der Waals surface area (Å²) in [5.41, 5.74) is 5.61. The van der Waals surface area contributed by atoms with Gasteiger partial charge in [-0.25, -0.2) is 0 Å². The fourth-order valence-electron chi connectivity index (χ4n) is 2.21. The van der Waals surface area contributed by atoms with E-state index < -0.39 is 0 Å². The maximum atomic E-state index is 9.00. The van der Waals surface area contributed by atoms with Crippen LogP contribution in [0.15, 0.2) is 30.3 Å². The number of nitrogens with zero attached hydrogens (tertiary/aromatic N) is 2. The molecule has 98 valence electrons. The highest BCUT2D eigenvalue weighted by atomic mass is 15.0. The normalized spacial score (nSPS) is 10.4. The van der Waals surface area contributed by atoms with E-state index in [-0.39, 0.29) is 0 Å². The summed E-state index contributed by atoms with van der Waals surface area (Å²) in [7, 11) is 1.93. The fourth-order valence-corrected chi connectivity index (χ4v) is 2.21. The van der Waals surface area contributed by atoms with Gasteiger partial charge in [0.25, 0.3) is 0 Å². The van der Waals surface area contributed by atoms with Crippen LogP contribution in [0.3, 0.4) is 0 Å². The van der Waals surface area contributed by atoms with Gasteiger partial charge in [-0.1, -0.05) is 29.8 Å². The summed E-state index contributed by atoms with van der Waals surface area (Å²) in [6.07, 6.45) is 0. The largest absolute Gasteiger partial charge is 0.340 e. The van der Waals surface area contributed by atoms with Gasteiger partial charge in [0.15, 0.2) is 0 Å². The minimum absolute atomic E-state index is 0.713. The molecule has 0 aliphatic rings. The van der Waals surface area contributed by atoms with Crippen molar-refractivity contribution in [1.29, 1.82) is 5.26 Å². The Hall–Kier alpha value is -2.05.